The second-order valence-electron chi connectivity index (χ2n) is 23.8. The normalized spacial score (nSPS) is 12.5. The third-order valence-electron chi connectivity index (χ3n) is 15.7. The first-order chi connectivity index (χ1) is 40.0. The lowest BCUT2D eigenvalue weighted by atomic mass is 10.0. The number of allylic oxidation sites excluding steroid dienone is 12. The minimum Gasteiger partial charge on any atom is -0.462 e. The number of rotatable bonds is 65. The summed E-state index contributed by atoms with van der Waals surface area (Å²) in [5.74, 6) is -0.858. The van der Waals surface area contributed by atoms with Crippen molar-refractivity contribution >= 4 is 17.9 Å². The van der Waals surface area contributed by atoms with Gasteiger partial charge in [-0.1, -0.05) is 331 Å². The number of esters is 3. The number of unbranched alkanes of at least 4 members (excludes halogenated alkanes) is 42. The number of hydrogen-bond donors (Lipinski definition) is 0. The predicted octanol–water partition coefficient (Wildman–Crippen LogP) is 24.4. The summed E-state index contributed by atoms with van der Waals surface area (Å²) in [5.41, 5.74) is 0. The molecule has 0 heterocycles. The van der Waals surface area contributed by atoms with Crippen molar-refractivity contribution in [3.63, 3.8) is 0 Å². The molecule has 0 saturated heterocycles. The van der Waals surface area contributed by atoms with Gasteiger partial charge in [0.25, 0.3) is 0 Å². The zero-order chi connectivity index (χ0) is 58.5. The van der Waals surface area contributed by atoms with E-state index in [2.05, 4.69) is 93.7 Å². The molecule has 470 valence electrons. The van der Waals surface area contributed by atoms with Crippen molar-refractivity contribution in [2.45, 2.75) is 374 Å². The maximum absolute atomic E-state index is 12.9. The molecule has 0 aliphatic rings. The maximum atomic E-state index is 12.9. The molecular formula is C75H134O6. The number of carbonyl (C=O) groups is 3. The van der Waals surface area contributed by atoms with Crippen LogP contribution < -0.4 is 0 Å². The molecule has 0 bridgehead atoms. The number of ether oxygens (including phenoxy) is 3. The minimum atomic E-state index is -0.776. The summed E-state index contributed by atoms with van der Waals surface area (Å²) in [7, 11) is 0. The summed E-state index contributed by atoms with van der Waals surface area (Å²) in [5, 5.41) is 0. The summed E-state index contributed by atoms with van der Waals surface area (Å²) < 4.78 is 17.0. The molecule has 0 spiro atoms. The van der Waals surface area contributed by atoms with Crippen LogP contribution in [-0.4, -0.2) is 37.2 Å². The highest BCUT2D eigenvalue weighted by molar-refractivity contribution is 5.71. The Kier molecular flexibility index (Phi) is 66.6. The van der Waals surface area contributed by atoms with Crippen LogP contribution >= 0.6 is 0 Å². The van der Waals surface area contributed by atoms with Crippen LogP contribution in [0.3, 0.4) is 0 Å². The highest BCUT2D eigenvalue weighted by Gasteiger charge is 2.19. The molecule has 0 aliphatic carbocycles. The molecule has 1 unspecified atom stereocenters. The van der Waals surface area contributed by atoms with Gasteiger partial charge in [0.2, 0.25) is 0 Å². The molecule has 0 aromatic heterocycles. The van der Waals surface area contributed by atoms with Crippen LogP contribution in [0.15, 0.2) is 72.9 Å². The van der Waals surface area contributed by atoms with Crippen molar-refractivity contribution in [1.29, 1.82) is 0 Å². The van der Waals surface area contributed by atoms with E-state index >= 15 is 0 Å². The van der Waals surface area contributed by atoms with Gasteiger partial charge in [0, 0.05) is 19.3 Å². The lowest BCUT2D eigenvalue weighted by Gasteiger charge is -2.18. The van der Waals surface area contributed by atoms with Crippen LogP contribution in [0.25, 0.3) is 0 Å². The van der Waals surface area contributed by atoms with Crippen molar-refractivity contribution < 1.29 is 28.6 Å². The molecule has 0 aromatic rings. The molecule has 0 aliphatic heterocycles. The first-order valence-electron chi connectivity index (χ1n) is 35.4. The van der Waals surface area contributed by atoms with E-state index in [9.17, 15) is 14.4 Å². The molecule has 0 radical (unpaired) electrons. The molecule has 1 atom stereocenters. The third-order valence-corrected chi connectivity index (χ3v) is 15.7. The van der Waals surface area contributed by atoms with Crippen LogP contribution in [-0.2, 0) is 28.6 Å². The lowest BCUT2D eigenvalue weighted by molar-refractivity contribution is -0.167. The van der Waals surface area contributed by atoms with Gasteiger partial charge >= 0.3 is 17.9 Å². The largest absolute Gasteiger partial charge is 0.462 e. The molecule has 0 fully saturated rings. The highest BCUT2D eigenvalue weighted by Crippen LogP contribution is 2.18. The van der Waals surface area contributed by atoms with Gasteiger partial charge in [-0.2, -0.15) is 0 Å². The quantitative estimate of drug-likeness (QED) is 0.0261. The van der Waals surface area contributed by atoms with Gasteiger partial charge in [0.15, 0.2) is 6.10 Å². The zero-order valence-electron chi connectivity index (χ0n) is 54.1. The van der Waals surface area contributed by atoms with Gasteiger partial charge in [-0.15, -0.1) is 0 Å². The van der Waals surface area contributed by atoms with Crippen molar-refractivity contribution in [2.75, 3.05) is 13.2 Å². The van der Waals surface area contributed by atoms with Gasteiger partial charge in [0.1, 0.15) is 13.2 Å². The van der Waals surface area contributed by atoms with Gasteiger partial charge in [0.05, 0.1) is 0 Å². The average molecular weight is 1130 g/mol. The van der Waals surface area contributed by atoms with Crippen LogP contribution in [0.5, 0.6) is 0 Å². The SMILES string of the molecule is CC/C=C\C/C=C\C/C=C\C/C=C\C/C=C\CCCCCCCCCCCCCCCCCC(=O)OCC(COC(=O)CCCCCCC/C=C\CCCCCCC)OC(=O)CCCCCCCCCCCCCCCCCCCC. The third kappa shape index (κ3) is 67.5. The fourth-order valence-corrected chi connectivity index (χ4v) is 10.4. The summed E-state index contributed by atoms with van der Waals surface area (Å²) >= 11 is 0. The van der Waals surface area contributed by atoms with Crippen LogP contribution in [0.4, 0.5) is 0 Å². The molecule has 0 aromatic carbocycles. The Hall–Kier alpha value is -3.15. The molecule has 0 amide bonds. The monoisotopic (exact) mass is 1130 g/mol. The highest BCUT2D eigenvalue weighted by atomic mass is 16.6. The van der Waals surface area contributed by atoms with E-state index in [4.69, 9.17) is 14.2 Å². The second-order valence-corrected chi connectivity index (χ2v) is 23.8. The van der Waals surface area contributed by atoms with Crippen LogP contribution in [0, 0.1) is 0 Å². The molecule has 81 heavy (non-hydrogen) atoms. The molecule has 6 nitrogen and oxygen atoms in total. The topological polar surface area (TPSA) is 78.9 Å². The Bertz CT molecular complexity index is 1490. The van der Waals surface area contributed by atoms with Crippen LogP contribution in [0.1, 0.15) is 367 Å². The first-order valence-corrected chi connectivity index (χ1v) is 35.4. The molecular weight excluding hydrogens is 997 g/mol. The van der Waals surface area contributed by atoms with Crippen molar-refractivity contribution in [3.8, 4) is 0 Å². The first kappa shape index (κ1) is 77.9. The standard InChI is InChI=1S/C75H134O6/c1-4-7-10-13-16-19-22-25-28-30-32-33-34-35-36-37-38-39-40-41-42-43-44-46-47-50-53-56-59-62-65-68-74(77)80-71-72(70-79-73(76)67-64-61-58-55-52-49-27-24-21-18-15-12-9-6-3)81-75(78)69-66-63-60-57-54-51-48-45-31-29-26-23-20-17-14-11-8-5-2/h7,10,16,19,24-25,27-28,32-33,35-36,72H,4-6,8-9,11-15,17-18,20-23,26,29-31,34,37-71H2,1-3H3/b10-7-,19-16-,27-24-,28-25-,33-32-,36-35-. The maximum Gasteiger partial charge on any atom is 0.306 e. The Labute approximate surface area is 503 Å². The van der Waals surface area contributed by atoms with E-state index in [1.807, 2.05) is 0 Å². The number of hydrogen-bond acceptors (Lipinski definition) is 6. The van der Waals surface area contributed by atoms with Gasteiger partial charge in [-0.3, -0.25) is 14.4 Å². The van der Waals surface area contributed by atoms with E-state index in [-0.39, 0.29) is 31.1 Å². The summed E-state index contributed by atoms with van der Waals surface area (Å²) in [6.45, 7) is 6.57. The van der Waals surface area contributed by atoms with Crippen LogP contribution in [0.2, 0.25) is 0 Å². The summed E-state index contributed by atoms with van der Waals surface area (Å²) in [4.78, 5) is 38.4. The van der Waals surface area contributed by atoms with E-state index in [1.165, 1.54) is 231 Å². The minimum absolute atomic E-state index is 0.0727. The second kappa shape index (κ2) is 69.3. The van der Waals surface area contributed by atoms with E-state index in [0.717, 1.165) is 96.3 Å². The fraction of sp³-hybridized carbons (Fsp3) is 0.800. The molecule has 0 saturated carbocycles. The molecule has 6 heteroatoms. The Morgan fingerprint density at radius 3 is 0.765 bits per heavy atom. The van der Waals surface area contributed by atoms with Crippen molar-refractivity contribution in [1.82, 2.24) is 0 Å². The molecule has 0 N–H and O–H groups in total. The van der Waals surface area contributed by atoms with Gasteiger partial charge in [-0.25, -0.2) is 0 Å². The Morgan fingerprint density at radius 2 is 0.481 bits per heavy atom. The van der Waals surface area contributed by atoms with E-state index in [0.29, 0.717) is 19.3 Å². The zero-order valence-corrected chi connectivity index (χ0v) is 54.1. The fourth-order valence-electron chi connectivity index (χ4n) is 10.4. The Balaban J connectivity index is 4.21. The van der Waals surface area contributed by atoms with E-state index in [1.54, 1.807) is 0 Å². The van der Waals surface area contributed by atoms with Gasteiger partial charge in [-0.05, 0) is 89.9 Å². The van der Waals surface area contributed by atoms with Crippen molar-refractivity contribution in [2.24, 2.45) is 0 Å². The van der Waals surface area contributed by atoms with Gasteiger partial charge < -0.3 is 14.2 Å². The van der Waals surface area contributed by atoms with E-state index < -0.39 is 6.10 Å². The summed E-state index contributed by atoms with van der Waals surface area (Å²) in [6.07, 6.45) is 90.7. The lowest BCUT2D eigenvalue weighted by Crippen LogP contribution is -2.30. The Morgan fingerprint density at radius 1 is 0.259 bits per heavy atom. The van der Waals surface area contributed by atoms with Crippen molar-refractivity contribution in [3.05, 3.63) is 72.9 Å². The smallest absolute Gasteiger partial charge is 0.306 e. The predicted molar refractivity (Wildman–Crippen MR) is 353 cm³/mol. The average Bonchev–Trinajstić information content (AvgIpc) is 3.47. The number of carbonyl (C=O) groups excluding carboxylic acids is 3. The summed E-state index contributed by atoms with van der Waals surface area (Å²) in [6, 6.07) is 0. The molecule has 0 rings (SSSR count).